The largest absolute Gasteiger partial charge is 0.491 e. The molecule has 1 amide bonds. The summed E-state index contributed by atoms with van der Waals surface area (Å²) in [6, 6.07) is 13.7. The van der Waals surface area contributed by atoms with E-state index in [1.807, 2.05) is 63.4 Å². The van der Waals surface area contributed by atoms with E-state index in [0.29, 0.717) is 18.7 Å². The highest BCUT2D eigenvalue weighted by molar-refractivity contribution is 5.98. The molecule has 0 aliphatic carbocycles. The fourth-order valence-corrected chi connectivity index (χ4v) is 2.93. The van der Waals surface area contributed by atoms with Crippen molar-refractivity contribution in [3.8, 4) is 5.75 Å². The molecule has 4 nitrogen and oxygen atoms in total. The van der Waals surface area contributed by atoms with E-state index in [9.17, 15) is 4.79 Å². The lowest BCUT2D eigenvalue weighted by atomic mass is 10.1. The van der Waals surface area contributed by atoms with Gasteiger partial charge in [-0.2, -0.15) is 0 Å². The van der Waals surface area contributed by atoms with E-state index in [0.717, 1.165) is 27.9 Å². The quantitative estimate of drug-likeness (QED) is 0.757. The lowest BCUT2D eigenvalue weighted by Gasteiger charge is -2.18. The van der Waals surface area contributed by atoms with Crippen molar-refractivity contribution in [2.75, 3.05) is 20.2 Å². The Morgan fingerprint density at radius 3 is 2.64 bits per heavy atom. The molecule has 1 heterocycles. The number of aryl methyl sites for hydroxylation is 3. The van der Waals surface area contributed by atoms with Crippen LogP contribution in [-0.4, -0.2) is 36.0 Å². The molecule has 0 saturated carbocycles. The molecule has 0 bridgehead atoms. The van der Waals surface area contributed by atoms with Crippen LogP contribution in [0.15, 0.2) is 42.5 Å². The number of carbonyl (C=O) groups excluding carboxylic acids is 1. The Kier molecular flexibility index (Phi) is 4.79. The first-order valence-corrected chi connectivity index (χ1v) is 8.50. The molecule has 0 aliphatic heterocycles. The summed E-state index contributed by atoms with van der Waals surface area (Å²) in [5.41, 5.74) is 5.19. The number of aromatic amines is 1. The van der Waals surface area contributed by atoms with Crippen LogP contribution in [-0.2, 0) is 0 Å². The Bertz CT molecular complexity index is 911. The molecule has 3 aromatic rings. The van der Waals surface area contributed by atoms with E-state index < -0.39 is 0 Å². The smallest absolute Gasteiger partial charge is 0.253 e. The summed E-state index contributed by atoms with van der Waals surface area (Å²) in [7, 11) is 1.81. The number of nitrogens with zero attached hydrogens (tertiary/aromatic N) is 1. The van der Waals surface area contributed by atoms with Gasteiger partial charge in [0.15, 0.2) is 0 Å². The number of hydrogen-bond acceptors (Lipinski definition) is 2. The van der Waals surface area contributed by atoms with Gasteiger partial charge in [-0.3, -0.25) is 4.79 Å². The number of carbonyl (C=O) groups is 1. The number of para-hydroxylation sites is 1. The number of ether oxygens (including phenoxy) is 1. The van der Waals surface area contributed by atoms with Crippen molar-refractivity contribution in [3.05, 3.63) is 64.8 Å². The first-order chi connectivity index (χ1) is 12.0. The third-order valence-corrected chi connectivity index (χ3v) is 4.68. The molecule has 0 aliphatic rings. The number of amides is 1. The van der Waals surface area contributed by atoms with Crippen LogP contribution in [0, 0.1) is 20.8 Å². The molecule has 0 spiro atoms. The Balaban J connectivity index is 1.66. The third-order valence-electron chi connectivity index (χ3n) is 4.68. The predicted octanol–water partition coefficient (Wildman–Crippen LogP) is 4.24. The minimum atomic E-state index is 0.00790. The van der Waals surface area contributed by atoms with E-state index in [-0.39, 0.29) is 5.91 Å². The van der Waals surface area contributed by atoms with Gasteiger partial charge in [-0.25, -0.2) is 0 Å². The van der Waals surface area contributed by atoms with E-state index in [4.69, 9.17) is 4.74 Å². The summed E-state index contributed by atoms with van der Waals surface area (Å²) in [5.74, 6) is 0.872. The van der Waals surface area contributed by atoms with Crippen molar-refractivity contribution in [1.82, 2.24) is 9.88 Å². The van der Waals surface area contributed by atoms with Gasteiger partial charge in [-0.15, -0.1) is 0 Å². The molecule has 3 rings (SSSR count). The van der Waals surface area contributed by atoms with Crippen molar-refractivity contribution in [1.29, 1.82) is 0 Å². The zero-order valence-electron chi connectivity index (χ0n) is 15.2. The summed E-state index contributed by atoms with van der Waals surface area (Å²) in [6.07, 6.45) is 0. The fraction of sp³-hybridized carbons (Fsp3) is 0.286. The van der Waals surface area contributed by atoms with Gasteiger partial charge in [0.2, 0.25) is 0 Å². The van der Waals surface area contributed by atoms with Crippen LogP contribution in [0.1, 0.15) is 27.2 Å². The summed E-state index contributed by atoms with van der Waals surface area (Å²) in [4.78, 5) is 17.7. The van der Waals surface area contributed by atoms with Gasteiger partial charge in [-0.05, 0) is 56.2 Å². The number of hydrogen-bond donors (Lipinski definition) is 1. The van der Waals surface area contributed by atoms with Crippen LogP contribution in [0.5, 0.6) is 5.75 Å². The van der Waals surface area contributed by atoms with Crippen molar-refractivity contribution < 1.29 is 9.53 Å². The topological polar surface area (TPSA) is 45.3 Å². The van der Waals surface area contributed by atoms with E-state index in [2.05, 4.69) is 11.9 Å². The van der Waals surface area contributed by atoms with E-state index in [1.165, 1.54) is 5.56 Å². The van der Waals surface area contributed by atoms with Crippen LogP contribution in [0.3, 0.4) is 0 Å². The first-order valence-electron chi connectivity index (χ1n) is 8.50. The summed E-state index contributed by atoms with van der Waals surface area (Å²) < 4.78 is 5.79. The van der Waals surface area contributed by atoms with Gasteiger partial charge < -0.3 is 14.6 Å². The fourth-order valence-electron chi connectivity index (χ4n) is 2.93. The Morgan fingerprint density at radius 1 is 1.12 bits per heavy atom. The molecule has 1 N–H and O–H groups in total. The highest BCUT2D eigenvalue weighted by atomic mass is 16.5. The highest BCUT2D eigenvalue weighted by Gasteiger charge is 2.14. The monoisotopic (exact) mass is 336 g/mol. The maximum atomic E-state index is 12.7. The van der Waals surface area contributed by atoms with Crippen molar-refractivity contribution >= 4 is 16.8 Å². The van der Waals surface area contributed by atoms with Crippen LogP contribution >= 0.6 is 0 Å². The number of benzene rings is 2. The Labute approximate surface area is 148 Å². The van der Waals surface area contributed by atoms with Gasteiger partial charge in [0, 0.05) is 29.2 Å². The molecule has 25 heavy (non-hydrogen) atoms. The van der Waals surface area contributed by atoms with Gasteiger partial charge in [0.05, 0.1) is 6.54 Å². The average Bonchev–Trinajstić information content (AvgIpc) is 2.90. The van der Waals surface area contributed by atoms with Gasteiger partial charge >= 0.3 is 0 Å². The zero-order chi connectivity index (χ0) is 18.0. The molecule has 0 fully saturated rings. The van der Waals surface area contributed by atoms with Gasteiger partial charge in [0.1, 0.15) is 12.4 Å². The van der Waals surface area contributed by atoms with Crippen LogP contribution < -0.4 is 4.74 Å². The maximum absolute atomic E-state index is 12.7. The van der Waals surface area contributed by atoms with Crippen LogP contribution in [0.2, 0.25) is 0 Å². The second kappa shape index (κ2) is 7.01. The Morgan fingerprint density at radius 2 is 1.88 bits per heavy atom. The Hall–Kier alpha value is -2.75. The minimum Gasteiger partial charge on any atom is -0.491 e. The number of H-pyrrole nitrogens is 1. The minimum absolute atomic E-state index is 0.00790. The van der Waals surface area contributed by atoms with Crippen LogP contribution in [0.4, 0.5) is 0 Å². The SMILES string of the molecule is Cc1ccccc1OCCN(C)C(=O)c1ccc2[nH]c(C)c(C)c2c1. The second-order valence-electron chi connectivity index (χ2n) is 6.48. The maximum Gasteiger partial charge on any atom is 0.253 e. The summed E-state index contributed by atoms with van der Waals surface area (Å²) >= 11 is 0. The zero-order valence-corrected chi connectivity index (χ0v) is 15.2. The molecular formula is C21H24N2O2. The molecule has 1 aromatic heterocycles. The van der Waals surface area contributed by atoms with Crippen LogP contribution in [0.25, 0.3) is 10.9 Å². The average molecular weight is 336 g/mol. The number of likely N-dealkylation sites (N-methyl/N-ethyl adjacent to an activating group) is 1. The number of aromatic nitrogens is 1. The van der Waals surface area contributed by atoms with Crippen molar-refractivity contribution in [2.45, 2.75) is 20.8 Å². The van der Waals surface area contributed by atoms with E-state index >= 15 is 0 Å². The molecule has 0 saturated heterocycles. The molecule has 4 heteroatoms. The van der Waals surface area contributed by atoms with Gasteiger partial charge in [-0.1, -0.05) is 18.2 Å². The molecule has 0 unspecified atom stereocenters. The third kappa shape index (κ3) is 3.53. The lowest BCUT2D eigenvalue weighted by Crippen LogP contribution is -2.30. The van der Waals surface area contributed by atoms with Crippen molar-refractivity contribution in [3.63, 3.8) is 0 Å². The molecule has 0 radical (unpaired) electrons. The normalized spacial score (nSPS) is 10.9. The summed E-state index contributed by atoms with van der Waals surface area (Å²) in [6.45, 7) is 7.14. The molecular weight excluding hydrogens is 312 g/mol. The number of rotatable bonds is 5. The molecule has 130 valence electrons. The lowest BCUT2D eigenvalue weighted by molar-refractivity contribution is 0.0774. The molecule has 2 aromatic carbocycles. The number of nitrogens with one attached hydrogen (secondary N) is 1. The van der Waals surface area contributed by atoms with Crippen molar-refractivity contribution in [2.24, 2.45) is 0 Å². The molecule has 0 atom stereocenters. The second-order valence-corrected chi connectivity index (χ2v) is 6.48. The summed E-state index contributed by atoms with van der Waals surface area (Å²) in [5, 5.41) is 1.10. The standard InChI is InChI=1S/C21H24N2O2/c1-14-7-5-6-8-20(14)25-12-11-23(4)21(24)17-9-10-19-18(13-17)15(2)16(3)22-19/h5-10,13,22H,11-12H2,1-4H3. The van der Waals surface area contributed by atoms with E-state index in [1.54, 1.807) is 4.90 Å². The predicted molar refractivity (Wildman–Crippen MR) is 101 cm³/mol. The highest BCUT2D eigenvalue weighted by Crippen LogP contribution is 2.23. The number of fused-ring (bicyclic) bond motifs is 1. The van der Waals surface area contributed by atoms with Gasteiger partial charge in [0.25, 0.3) is 5.91 Å². The first kappa shape index (κ1) is 17.1.